The van der Waals surface area contributed by atoms with Crippen LogP contribution in [0.2, 0.25) is 0 Å². The van der Waals surface area contributed by atoms with Gasteiger partial charge >= 0.3 is 0 Å². The van der Waals surface area contributed by atoms with Crippen molar-refractivity contribution >= 4 is 5.78 Å². The van der Waals surface area contributed by atoms with E-state index in [0.717, 1.165) is 0 Å². The Balaban J connectivity index is 2.15. The summed E-state index contributed by atoms with van der Waals surface area (Å²) in [6.07, 6.45) is -0.875. The van der Waals surface area contributed by atoms with Gasteiger partial charge in [0.15, 0.2) is 6.10 Å². The third-order valence-electron chi connectivity index (χ3n) is 3.52. The van der Waals surface area contributed by atoms with Crippen LogP contribution in [0.5, 0.6) is 5.75 Å². The van der Waals surface area contributed by atoms with Crippen LogP contribution < -0.4 is 10.5 Å². The first kappa shape index (κ1) is 12.8. The number of rotatable bonds is 2. The van der Waals surface area contributed by atoms with Gasteiger partial charge < -0.3 is 9.47 Å². The first-order chi connectivity index (χ1) is 9.66. The predicted molar refractivity (Wildman–Crippen MR) is 74.5 cm³/mol. The van der Waals surface area contributed by atoms with E-state index in [1.54, 1.807) is 18.2 Å². The van der Waals surface area contributed by atoms with Crippen LogP contribution in [0.15, 0.2) is 54.6 Å². The van der Waals surface area contributed by atoms with Gasteiger partial charge in [0, 0.05) is 12.7 Å². The number of Topliss-reactive ketones (excluding diaryl/α,β-unsaturated/α-hetero) is 1. The van der Waals surface area contributed by atoms with E-state index in [0.29, 0.717) is 16.9 Å². The van der Waals surface area contributed by atoms with Gasteiger partial charge in [0.1, 0.15) is 5.75 Å². The summed E-state index contributed by atoms with van der Waals surface area (Å²) in [7, 11) is 1.46. The number of carbonyl (C=O) groups excluding carboxylic acids is 1. The summed E-state index contributed by atoms with van der Waals surface area (Å²) in [5.74, 6) is 0.317. The van der Waals surface area contributed by atoms with Crippen molar-refractivity contribution in [2.75, 3.05) is 7.11 Å². The van der Waals surface area contributed by atoms with Crippen molar-refractivity contribution < 1.29 is 14.3 Å². The summed E-state index contributed by atoms with van der Waals surface area (Å²) >= 11 is 0. The van der Waals surface area contributed by atoms with Crippen LogP contribution >= 0.6 is 0 Å². The fraction of sp³-hybridized carbons (Fsp3) is 0.188. The molecule has 0 radical (unpaired) electrons. The maximum absolute atomic E-state index is 12.6. The lowest BCUT2D eigenvalue weighted by molar-refractivity contribution is -0.0669. The SMILES string of the molecule is COC1C(=O)c2ccccc2OC1(N)c1ccccc1. The molecule has 2 atom stereocenters. The second kappa shape index (κ2) is 4.74. The molecule has 0 aromatic heterocycles. The molecule has 0 spiro atoms. The quantitative estimate of drug-likeness (QED) is 0.906. The Kier molecular flexibility index (Phi) is 3.04. The number of methoxy groups -OCH3 is 1. The van der Waals surface area contributed by atoms with Crippen molar-refractivity contribution in [3.05, 3.63) is 65.7 Å². The number of ketones is 1. The van der Waals surface area contributed by atoms with E-state index in [1.807, 2.05) is 36.4 Å². The van der Waals surface area contributed by atoms with Crippen molar-refractivity contribution in [1.29, 1.82) is 0 Å². The Bertz CT molecular complexity index is 641. The molecule has 102 valence electrons. The fourth-order valence-electron chi connectivity index (χ4n) is 2.52. The van der Waals surface area contributed by atoms with E-state index in [-0.39, 0.29) is 5.78 Å². The molecule has 1 aliphatic rings. The van der Waals surface area contributed by atoms with Gasteiger partial charge in [0.2, 0.25) is 11.5 Å². The van der Waals surface area contributed by atoms with E-state index >= 15 is 0 Å². The zero-order valence-electron chi connectivity index (χ0n) is 11.1. The normalized spacial score (nSPS) is 24.9. The minimum Gasteiger partial charge on any atom is -0.465 e. The van der Waals surface area contributed by atoms with Crippen LogP contribution in [0.1, 0.15) is 15.9 Å². The van der Waals surface area contributed by atoms with Crippen molar-refractivity contribution in [1.82, 2.24) is 0 Å². The molecule has 0 amide bonds. The van der Waals surface area contributed by atoms with Crippen LogP contribution in [0, 0.1) is 0 Å². The van der Waals surface area contributed by atoms with Crippen LogP contribution in [-0.4, -0.2) is 19.0 Å². The minimum absolute atomic E-state index is 0.166. The summed E-state index contributed by atoms with van der Waals surface area (Å²) < 4.78 is 11.2. The number of carbonyl (C=O) groups is 1. The van der Waals surface area contributed by atoms with Gasteiger partial charge in [-0.3, -0.25) is 10.5 Å². The number of fused-ring (bicyclic) bond motifs is 1. The zero-order valence-corrected chi connectivity index (χ0v) is 11.1. The van der Waals surface area contributed by atoms with Gasteiger partial charge in [-0.05, 0) is 12.1 Å². The molecule has 0 saturated heterocycles. The lowest BCUT2D eigenvalue weighted by atomic mass is 9.88. The second-order valence-corrected chi connectivity index (χ2v) is 4.74. The largest absolute Gasteiger partial charge is 0.465 e. The van der Waals surface area contributed by atoms with Crippen LogP contribution in [-0.2, 0) is 10.5 Å². The first-order valence-corrected chi connectivity index (χ1v) is 6.36. The smallest absolute Gasteiger partial charge is 0.218 e. The minimum atomic E-state index is -1.32. The number of hydrogen-bond acceptors (Lipinski definition) is 4. The lowest BCUT2D eigenvalue weighted by Gasteiger charge is -2.40. The Morgan fingerprint density at radius 2 is 1.75 bits per heavy atom. The van der Waals surface area contributed by atoms with E-state index in [1.165, 1.54) is 7.11 Å². The van der Waals surface area contributed by atoms with E-state index in [9.17, 15) is 4.79 Å². The zero-order chi connectivity index (χ0) is 14.2. The Morgan fingerprint density at radius 3 is 2.45 bits per heavy atom. The molecule has 0 fully saturated rings. The van der Waals surface area contributed by atoms with Crippen LogP contribution in [0.4, 0.5) is 0 Å². The number of nitrogens with two attached hydrogens (primary N) is 1. The molecule has 2 unspecified atom stereocenters. The van der Waals surface area contributed by atoms with Gasteiger partial charge in [0.05, 0.1) is 5.56 Å². The van der Waals surface area contributed by atoms with E-state index < -0.39 is 11.8 Å². The molecule has 0 bridgehead atoms. The highest BCUT2D eigenvalue weighted by Crippen LogP contribution is 2.37. The van der Waals surface area contributed by atoms with Gasteiger partial charge in [-0.15, -0.1) is 0 Å². The summed E-state index contributed by atoms with van der Waals surface area (Å²) in [5, 5.41) is 0. The van der Waals surface area contributed by atoms with Crippen molar-refractivity contribution in [2.45, 2.75) is 11.8 Å². The van der Waals surface area contributed by atoms with Gasteiger partial charge in [0.25, 0.3) is 0 Å². The van der Waals surface area contributed by atoms with Gasteiger partial charge in [-0.25, -0.2) is 0 Å². The van der Waals surface area contributed by atoms with E-state index in [2.05, 4.69) is 0 Å². The molecule has 2 aromatic rings. The lowest BCUT2D eigenvalue weighted by Crippen LogP contribution is -2.59. The Morgan fingerprint density at radius 1 is 1.10 bits per heavy atom. The molecule has 2 aromatic carbocycles. The maximum atomic E-state index is 12.6. The van der Waals surface area contributed by atoms with Crippen LogP contribution in [0.25, 0.3) is 0 Å². The number of ether oxygens (including phenoxy) is 2. The molecular weight excluding hydrogens is 254 g/mol. The van der Waals surface area contributed by atoms with E-state index in [4.69, 9.17) is 15.2 Å². The molecule has 20 heavy (non-hydrogen) atoms. The first-order valence-electron chi connectivity index (χ1n) is 6.36. The second-order valence-electron chi connectivity index (χ2n) is 4.74. The average Bonchev–Trinajstić information content (AvgIpc) is 2.48. The monoisotopic (exact) mass is 269 g/mol. The maximum Gasteiger partial charge on any atom is 0.218 e. The van der Waals surface area contributed by atoms with Crippen molar-refractivity contribution in [2.24, 2.45) is 5.73 Å². The topological polar surface area (TPSA) is 61.5 Å². The summed E-state index contributed by atoms with van der Waals surface area (Å²) in [6, 6.07) is 16.3. The summed E-state index contributed by atoms with van der Waals surface area (Å²) in [6.45, 7) is 0. The molecule has 1 heterocycles. The fourth-order valence-corrected chi connectivity index (χ4v) is 2.52. The van der Waals surface area contributed by atoms with Crippen molar-refractivity contribution in [3.63, 3.8) is 0 Å². The molecule has 0 saturated carbocycles. The molecule has 2 N–H and O–H groups in total. The Hall–Kier alpha value is -2.17. The molecular formula is C16H15NO3. The summed E-state index contributed by atoms with van der Waals surface area (Å²) in [4.78, 5) is 12.6. The standard InChI is InChI=1S/C16H15NO3/c1-19-15-14(18)12-9-5-6-10-13(12)20-16(15,17)11-7-3-2-4-8-11/h2-10,15H,17H2,1H3. The number of benzene rings is 2. The molecule has 3 rings (SSSR count). The third-order valence-corrected chi connectivity index (χ3v) is 3.52. The van der Waals surface area contributed by atoms with Crippen molar-refractivity contribution in [3.8, 4) is 5.75 Å². The number of hydrogen-bond donors (Lipinski definition) is 1. The molecule has 1 aliphatic heterocycles. The predicted octanol–water partition coefficient (Wildman–Crippen LogP) is 2.09. The average molecular weight is 269 g/mol. The molecule has 0 aliphatic carbocycles. The highest BCUT2D eigenvalue weighted by Gasteiger charge is 2.48. The molecule has 4 nitrogen and oxygen atoms in total. The highest BCUT2D eigenvalue weighted by atomic mass is 16.6. The Labute approximate surface area is 117 Å². The highest BCUT2D eigenvalue weighted by molar-refractivity contribution is 6.03. The van der Waals surface area contributed by atoms with Crippen LogP contribution in [0.3, 0.4) is 0 Å². The number of para-hydroxylation sites is 1. The van der Waals surface area contributed by atoms with Gasteiger partial charge in [-0.1, -0.05) is 42.5 Å². The third kappa shape index (κ3) is 1.81. The summed E-state index contributed by atoms with van der Waals surface area (Å²) in [5.41, 5.74) is 6.25. The molecule has 4 heteroatoms. The van der Waals surface area contributed by atoms with Gasteiger partial charge in [-0.2, -0.15) is 0 Å².